The van der Waals surface area contributed by atoms with Gasteiger partial charge in [0, 0.05) is 24.2 Å². The number of carbonyl (C=O) groups excluding carboxylic acids is 3. The monoisotopic (exact) mass is 323 g/mol. The van der Waals surface area contributed by atoms with Gasteiger partial charge in [-0.2, -0.15) is 0 Å². The van der Waals surface area contributed by atoms with Gasteiger partial charge in [0.05, 0.1) is 11.1 Å². The molecule has 24 heavy (non-hydrogen) atoms. The van der Waals surface area contributed by atoms with Gasteiger partial charge in [-0.25, -0.2) is 0 Å². The van der Waals surface area contributed by atoms with E-state index in [2.05, 4.69) is 0 Å². The van der Waals surface area contributed by atoms with E-state index < -0.39 is 0 Å². The van der Waals surface area contributed by atoms with Gasteiger partial charge in [0.25, 0.3) is 5.91 Å². The van der Waals surface area contributed by atoms with Crippen LogP contribution in [0.25, 0.3) is 0 Å². The van der Waals surface area contributed by atoms with Gasteiger partial charge in [0.1, 0.15) is 5.76 Å². The summed E-state index contributed by atoms with van der Waals surface area (Å²) in [6.45, 7) is 2.99. The summed E-state index contributed by atoms with van der Waals surface area (Å²) in [7, 11) is 0. The first-order valence-electron chi connectivity index (χ1n) is 8.20. The number of hydrogen-bond donors (Lipinski definition) is 0. The minimum absolute atomic E-state index is 0.00319. The predicted molar refractivity (Wildman–Crippen MR) is 86.5 cm³/mol. The molecule has 5 heteroatoms. The lowest BCUT2D eigenvalue weighted by Gasteiger charge is -2.27. The molecule has 0 saturated carbocycles. The minimum Gasteiger partial charge on any atom is -0.456 e. The van der Waals surface area contributed by atoms with Crippen LogP contribution in [0.5, 0.6) is 0 Å². The van der Waals surface area contributed by atoms with Crippen LogP contribution in [0, 0.1) is 6.92 Å². The molecule has 5 nitrogen and oxygen atoms in total. The molecular formula is C19H17NO4. The second kappa shape index (κ2) is 5.44. The fraction of sp³-hybridized carbons (Fsp3) is 0.316. The molecule has 1 aliphatic heterocycles. The van der Waals surface area contributed by atoms with E-state index in [-0.39, 0.29) is 34.4 Å². The summed E-state index contributed by atoms with van der Waals surface area (Å²) < 4.78 is 5.57. The number of benzene rings is 1. The van der Waals surface area contributed by atoms with Gasteiger partial charge in [-0.15, -0.1) is 0 Å². The summed E-state index contributed by atoms with van der Waals surface area (Å²) >= 11 is 0. The van der Waals surface area contributed by atoms with Crippen molar-refractivity contribution in [1.29, 1.82) is 0 Å². The molecule has 0 bridgehead atoms. The molecule has 1 aromatic carbocycles. The highest BCUT2D eigenvalue weighted by molar-refractivity contribution is 6.30. The van der Waals surface area contributed by atoms with Crippen molar-refractivity contribution < 1.29 is 18.8 Å². The largest absolute Gasteiger partial charge is 0.456 e. The third-order valence-corrected chi connectivity index (χ3v) is 4.79. The topological polar surface area (TPSA) is 67.6 Å². The van der Waals surface area contributed by atoms with Crippen molar-refractivity contribution in [3.05, 3.63) is 58.0 Å². The van der Waals surface area contributed by atoms with Crippen molar-refractivity contribution in [3.8, 4) is 0 Å². The van der Waals surface area contributed by atoms with Gasteiger partial charge in [-0.1, -0.05) is 24.3 Å². The van der Waals surface area contributed by atoms with E-state index in [4.69, 9.17) is 4.42 Å². The first-order valence-corrected chi connectivity index (χ1v) is 8.20. The van der Waals surface area contributed by atoms with Crippen LogP contribution in [0.2, 0.25) is 0 Å². The maximum Gasteiger partial charge on any atom is 0.258 e. The Bertz CT molecular complexity index is 871. The van der Waals surface area contributed by atoms with Crippen LogP contribution in [-0.4, -0.2) is 35.5 Å². The normalized spacial score (nSPS) is 16.8. The Morgan fingerprint density at radius 1 is 1.00 bits per heavy atom. The Balaban J connectivity index is 1.84. The quantitative estimate of drug-likeness (QED) is 0.690. The number of ketones is 2. The average molecular weight is 323 g/mol. The zero-order valence-corrected chi connectivity index (χ0v) is 13.4. The third kappa shape index (κ3) is 2.04. The number of aryl methyl sites for hydroxylation is 1. The van der Waals surface area contributed by atoms with Crippen LogP contribution in [0.15, 0.2) is 28.7 Å². The highest BCUT2D eigenvalue weighted by Crippen LogP contribution is 2.34. The summed E-state index contributed by atoms with van der Waals surface area (Å²) in [5, 5.41) is 0. The average Bonchev–Trinajstić information content (AvgIpc) is 2.97. The zero-order chi connectivity index (χ0) is 16.8. The summed E-state index contributed by atoms with van der Waals surface area (Å²) in [4.78, 5) is 40.2. The number of rotatable bonds is 1. The SMILES string of the molecule is Cc1oc2c(c1C(=O)N1CCCCC1)C(=O)c1ccccc1C2=O. The van der Waals surface area contributed by atoms with Gasteiger partial charge >= 0.3 is 0 Å². The van der Waals surface area contributed by atoms with Crippen molar-refractivity contribution in [2.75, 3.05) is 13.1 Å². The molecule has 2 heterocycles. The van der Waals surface area contributed by atoms with Gasteiger partial charge < -0.3 is 9.32 Å². The van der Waals surface area contributed by atoms with Crippen LogP contribution in [0.3, 0.4) is 0 Å². The molecule has 0 spiro atoms. The molecule has 4 rings (SSSR count). The number of piperidine rings is 1. The molecule has 0 atom stereocenters. The van der Waals surface area contributed by atoms with E-state index in [9.17, 15) is 14.4 Å². The Kier molecular flexibility index (Phi) is 3.37. The number of nitrogens with zero attached hydrogens (tertiary/aromatic N) is 1. The summed E-state index contributed by atoms with van der Waals surface area (Å²) in [5.41, 5.74) is 1.05. The highest BCUT2D eigenvalue weighted by Gasteiger charge is 2.39. The Hall–Kier alpha value is -2.69. The van der Waals surface area contributed by atoms with Gasteiger partial charge in [0.15, 0.2) is 11.5 Å². The number of amides is 1. The van der Waals surface area contributed by atoms with Crippen LogP contribution in [-0.2, 0) is 0 Å². The number of carbonyl (C=O) groups is 3. The van der Waals surface area contributed by atoms with E-state index in [0.717, 1.165) is 19.3 Å². The van der Waals surface area contributed by atoms with Crippen molar-refractivity contribution in [3.63, 3.8) is 0 Å². The van der Waals surface area contributed by atoms with Crippen molar-refractivity contribution >= 4 is 17.5 Å². The molecule has 2 aromatic rings. The lowest BCUT2D eigenvalue weighted by Crippen LogP contribution is -2.36. The Labute approximate surface area is 139 Å². The first-order chi connectivity index (χ1) is 11.6. The molecule has 122 valence electrons. The maximum absolute atomic E-state index is 12.9. The molecule has 1 aliphatic carbocycles. The summed E-state index contributed by atoms with van der Waals surface area (Å²) in [5.74, 6) is -0.516. The van der Waals surface area contributed by atoms with Crippen LogP contribution in [0.4, 0.5) is 0 Å². The predicted octanol–water partition coefficient (Wildman–Crippen LogP) is 2.99. The second-order valence-electron chi connectivity index (χ2n) is 6.29. The van der Waals surface area contributed by atoms with Gasteiger partial charge in [-0.3, -0.25) is 14.4 Å². The fourth-order valence-electron chi connectivity index (χ4n) is 3.57. The van der Waals surface area contributed by atoms with Crippen molar-refractivity contribution in [2.45, 2.75) is 26.2 Å². The molecule has 1 fully saturated rings. The lowest BCUT2D eigenvalue weighted by molar-refractivity contribution is 0.0719. The van der Waals surface area contributed by atoms with E-state index >= 15 is 0 Å². The van der Waals surface area contributed by atoms with Gasteiger partial charge in [0.2, 0.25) is 5.78 Å². The lowest BCUT2D eigenvalue weighted by atomic mass is 9.86. The molecule has 2 aliphatic rings. The van der Waals surface area contributed by atoms with E-state index in [1.165, 1.54) is 0 Å². The molecule has 1 saturated heterocycles. The Morgan fingerprint density at radius 3 is 2.29 bits per heavy atom. The molecule has 1 aromatic heterocycles. The molecule has 0 N–H and O–H groups in total. The first kappa shape index (κ1) is 14.9. The molecule has 0 unspecified atom stereocenters. The fourth-order valence-corrected chi connectivity index (χ4v) is 3.57. The molecular weight excluding hydrogens is 306 g/mol. The smallest absolute Gasteiger partial charge is 0.258 e. The zero-order valence-electron chi connectivity index (χ0n) is 13.4. The standard InChI is InChI=1S/C19H17NO4/c1-11-14(19(23)20-9-5-2-6-10-20)15-16(21)12-7-3-4-8-13(12)17(22)18(15)24-11/h3-4,7-8H,2,5-6,9-10H2,1H3. The van der Waals surface area contributed by atoms with Crippen LogP contribution in [0.1, 0.15) is 67.4 Å². The van der Waals surface area contributed by atoms with E-state index in [1.54, 1.807) is 36.1 Å². The second-order valence-corrected chi connectivity index (χ2v) is 6.29. The van der Waals surface area contributed by atoms with E-state index in [1.807, 2.05) is 0 Å². The van der Waals surface area contributed by atoms with Crippen molar-refractivity contribution in [2.24, 2.45) is 0 Å². The minimum atomic E-state index is -0.332. The maximum atomic E-state index is 12.9. The molecule has 0 radical (unpaired) electrons. The van der Waals surface area contributed by atoms with Crippen molar-refractivity contribution in [1.82, 2.24) is 4.90 Å². The molecule has 1 amide bonds. The van der Waals surface area contributed by atoms with Crippen LogP contribution >= 0.6 is 0 Å². The number of fused-ring (bicyclic) bond motifs is 2. The Morgan fingerprint density at radius 2 is 1.62 bits per heavy atom. The van der Waals surface area contributed by atoms with Crippen LogP contribution < -0.4 is 0 Å². The number of furan rings is 1. The number of hydrogen-bond acceptors (Lipinski definition) is 4. The van der Waals surface area contributed by atoms with Gasteiger partial charge in [-0.05, 0) is 26.2 Å². The highest BCUT2D eigenvalue weighted by atomic mass is 16.4. The number of likely N-dealkylation sites (tertiary alicyclic amines) is 1. The van der Waals surface area contributed by atoms with E-state index in [0.29, 0.717) is 30.0 Å². The summed E-state index contributed by atoms with van der Waals surface area (Å²) in [6, 6.07) is 6.66. The summed E-state index contributed by atoms with van der Waals surface area (Å²) in [6.07, 6.45) is 3.03. The third-order valence-electron chi connectivity index (χ3n) is 4.79.